The van der Waals surface area contributed by atoms with Crippen LogP contribution in [0.1, 0.15) is 37.3 Å². The molecule has 0 radical (unpaired) electrons. The maximum atomic E-state index is 12.8. The number of rotatable bonds is 8. The number of nitrogens with one attached hydrogen (secondary N) is 2. The molecule has 0 unspecified atom stereocenters. The summed E-state index contributed by atoms with van der Waals surface area (Å²) in [6.45, 7) is 5.65. The van der Waals surface area contributed by atoms with Crippen LogP contribution in [0.3, 0.4) is 0 Å². The van der Waals surface area contributed by atoms with Gasteiger partial charge in [-0.1, -0.05) is 12.1 Å². The van der Waals surface area contributed by atoms with Crippen molar-refractivity contribution in [3.63, 3.8) is 0 Å². The Hall–Kier alpha value is -1.07. The van der Waals surface area contributed by atoms with Crippen molar-refractivity contribution in [2.75, 3.05) is 32.9 Å². The van der Waals surface area contributed by atoms with E-state index in [1.54, 1.807) is 6.07 Å². The molecule has 1 heterocycles. The van der Waals surface area contributed by atoms with Crippen molar-refractivity contribution >= 4 is 29.9 Å². The van der Waals surface area contributed by atoms with E-state index in [0.29, 0.717) is 31.2 Å². The third-order valence-electron chi connectivity index (χ3n) is 4.15. The van der Waals surface area contributed by atoms with E-state index in [1.165, 1.54) is 6.07 Å². The number of hydrogen-bond acceptors (Lipinski definition) is 3. The molecule has 1 aromatic rings. The summed E-state index contributed by atoms with van der Waals surface area (Å²) in [5.41, 5.74) is -0.136. The molecule has 0 aromatic heterocycles. The second-order valence-corrected chi connectivity index (χ2v) is 6.36. The van der Waals surface area contributed by atoms with Crippen LogP contribution in [0.2, 0.25) is 0 Å². The zero-order valence-electron chi connectivity index (χ0n) is 16.1. The highest BCUT2D eigenvalue weighted by Gasteiger charge is 2.30. The van der Waals surface area contributed by atoms with E-state index in [1.807, 2.05) is 6.92 Å². The van der Waals surface area contributed by atoms with Gasteiger partial charge in [0, 0.05) is 32.9 Å². The first-order valence-corrected chi connectivity index (χ1v) is 9.36. The molecule has 0 aliphatic carbocycles. The Morgan fingerprint density at radius 3 is 2.68 bits per heavy atom. The molecule has 160 valence electrons. The number of nitrogens with zero attached hydrogens (tertiary/aromatic N) is 1. The van der Waals surface area contributed by atoms with Gasteiger partial charge in [0.25, 0.3) is 0 Å². The smallest absolute Gasteiger partial charge is 0.381 e. The highest BCUT2D eigenvalue weighted by Crippen LogP contribution is 2.29. The molecule has 0 saturated carbocycles. The molecule has 9 heteroatoms. The van der Waals surface area contributed by atoms with Crippen LogP contribution in [0.25, 0.3) is 0 Å². The lowest BCUT2D eigenvalue weighted by Crippen LogP contribution is -2.38. The fourth-order valence-electron chi connectivity index (χ4n) is 2.73. The summed E-state index contributed by atoms with van der Waals surface area (Å²) in [4.78, 5) is 4.36. The maximum absolute atomic E-state index is 12.8. The zero-order chi connectivity index (χ0) is 19.5. The molecule has 2 rings (SSSR count). The third-order valence-corrected chi connectivity index (χ3v) is 4.15. The summed E-state index contributed by atoms with van der Waals surface area (Å²) >= 11 is 0. The molecule has 0 amide bonds. The number of hydrogen-bond donors (Lipinski definition) is 2. The minimum absolute atomic E-state index is 0. The fraction of sp³-hybridized carbons (Fsp3) is 0.632. The van der Waals surface area contributed by atoms with Crippen molar-refractivity contribution in [3.8, 4) is 0 Å². The molecular formula is C19H29F3IN3O2. The van der Waals surface area contributed by atoms with E-state index in [-0.39, 0.29) is 36.6 Å². The van der Waals surface area contributed by atoms with Crippen LogP contribution in [0.5, 0.6) is 0 Å². The second kappa shape index (κ2) is 13.2. The standard InChI is InChI=1S/C19H28F3N3O2.HI/c1-2-23-18(24-9-4-10-27-17-7-11-26-12-8-17)25-14-15-5-3-6-16(13-15)19(20,21)22;/h3,5-6,13,17H,2,4,7-12,14H2,1H3,(H2,23,24,25);1H. The van der Waals surface area contributed by atoms with E-state index >= 15 is 0 Å². The van der Waals surface area contributed by atoms with Gasteiger partial charge in [-0.2, -0.15) is 13.2 Å². The van der Waals surface area contributed by atoms with Crippen molar-refractivity contribution in [1.29, 1.82) is 0 Å². The molecule has 1 fully saturated rings. The van der Waals surface area contributed by atoms with E-state index in [0.717, 1.165) is 44.6 Å². The van der Waals surface area contributed by atoms with Gasteiger partial charge in [-0.3, -0.25) is 0 Å². The Balaban J connectivity index is 0.00000392. The molecule has 1 aliphatic heterocycles. The number of benzene rings is 1. The average molecular weight is 515 g/mol. The van der Waals surface area contributed by atoms with Crippen molar-refractivity contribution in [2.24, 2.45) is 4.99 Å². The second-order valence-electron chi connectivity index (χ2n) is 6.36. The number of alkyl halides is 3. The summed E-state index contributed by atoms with van der Waals surface area (Å²) in [6.07, 6.45) is -1.36. The van der Waals surface area contributed by atoms with Crippen LogP contribution < -0.4 is 10.6 Å². The van der Waals surface area contributed by atoms with Gasteiger partial charge in [0.05, 0.1) is 18.2 Å². The van der Waals surface area contributed by atoms with Crippen LogP contribution in [0.4, 0.5) is 13.2 Å². The number of aliphatic imine (C=N–C) groups is 1. The molecule has 5 nitrogen and oxygen atoms in total. The molecule has 1 saturated heterocycles. The van der Waals surface area contributed by atoms with Crippen molar-refractivity contribution in [1.82, 2.24) is 10.6 Å². The van der Waals surface area contributed by atoms with Crippen molar-refractivity contribution < 1.29 is 22.6 Å². The van der Waals surface area contributed by atoms with Gasteiger partial charge < -0.3 is 20.1 Å². The van der Waals surface area contributed by atoms with Gasteiger partial charge >= 0.3 is 6.18 Å². The molecule has 0 spiro atoms. The number of guanidine groups is 1. The molecular weight excluding hydrogens is 486 g/mol. The molecule has 2 N–H and O–H groups in total. The number of ether oxygens (including phenoxy) is 2. The summed E-state index contributed by atoms with van der Waals surface area (Å²) in [5, 5.41) is 6.28. The van der Waals surface area contributed by atoms with Gasteiger partial charge in [0.2, 0.25) is 0 Å². The predicted molar refractivity (Wildman–Crippen MR) is 114 cm³/mol. The SMILES string of the molecule is CCNC(=NCc1cccc(C(F)(F)F)c1)NCCCOC1CCOCC1.I. The molecule has 28 heavy (non-hydrogen) atoms. The van der Waals surface area contributed by atoms with Gasteiger partial charge in [-0.15, -0.1) is 24.0 Å². The van der Waals surface area contributed by atoms with Gasteiger partial charge in [0.1, 0.15) is 0 Å². The van der Waals surface area contributed by atoms with E-state index in [4.69, 9.17) is 9.47 Å². The average Bonchev–Trinajstić information content (AvgIpc) is 2.66. The van der Waals surface area contributed by atoms with Crippen LogP contribution in [0.15, 0.2) is 29.3 Å². The largest absolute Gasteiger partial charge is 0.416 e. The van der Waals surface area contributed by atoms with E-state index < -0.39 is 11.7 Å². The lowest BCUT2D eigenvalue weighted by molar-refractivity contribution is -0.137. The van der Waals surface area contributed by atoms with Crippen molar-refractivity contribution in [2.45, 2.75) is 45.0 Å². The Bertz CT molecular complexity index is 594. The van der Waals surface area contributed by atoms with Crippen LogP contribution in [0, 0.1) is 0 Å². The lowest BCUT2D eigenvalue weighted by Gasteiger charge is -2.22. The zero-order valence-corrected chi connectivity index (χ0v) is 18.4. The molecule has 0 atom stereocenters. The van der Waals surface area contributed by atoms with Crippen LogP contribution in [-0.2, 0) is 22.2 Å². The summed E-state index contributed by atoms with van der Waals surface area (Å²) in [6, 6.07) is 5.25. The minimum Gasteiger partial charge on any atom is -0.381 e. The number of halogens is 4. The summed E-state index contributed by atoms with van der Waals surface area (Å²) in [7, 11) is 0. The third kappa shape index (κ3) is 9.42. The van der Waals surface area contributed by atoms with Gasteiger partial charge in [-0.05, 0) is 43.9 Å². The predicted octanol–water partition coefficient (Wildman–Crippen LogP) is 3.96. The normalized spacial score (nSPS) is 15.8. The molecule has 1 aliphatic rings. The minimum atomic E-state index is -4.34. The van der Waals surface area contributed by atoms with Crippen molar-refractivity contribution in [3.05, 3.63) is 35.4 Å². The van der Waals surface area contributed by atoms with E-state index in [2.05, 4.69) is 15.6 Å². The first-order chi connectivity index (χ1) is 13.0. The highest BCUT2D eigenvalue weighted by atomic mass is 127. The Morgan fingerprint density at radius 1 is 1.25 bits per heavy atom. The first-order valence-electron chi connectivity index (χ1n) is 9.36. The molecule has 0 bridgehead atoms. The van der Waals surface area contributed by atoms with Crippen LogP contribution >= 0.6 is 24.0 Å². The quantitative estimate of drug-likeness (QED) is 0.238. The molecule has 1 aromatic carbocycles. The highest BCUT2D eigenvalue weighted by molar-refractivity contribution is 14.0. The summed E-state index contributed by atoms with van der Waals surface area (Å²) in [5.74, 6) is 0.584. The van der Waals surface area contributed by atoms with Gasteiger partial charge in [-0.25, -0.2) is 4.99 Å². The Morgan fingerprint density at radius 2 is 2.00 bits per heavy atom. The summed E-state index contributed by atoms with van der Waals surface area (Å²) < 4.78 is 49.5. The lowest BCUT2D eigenvalue weighted by atomic mass is 10.1. The Kier molecular flexibility index (Phi) is 11.8. The topological polar surface area (TPSA) is 54.9 Å². The first kappa shape index (κ1) is 25.0. The maximum Gasteiger partial charge on any atom is 0.416 e. The fourth-order valence-corrected chi connectivity index (χ4v) is 2.73. The van der Waals surface area contributed by atoms with E-state index in [9.17, 15) is 13.2 Å². The Labute approximate surface area is 181 Å². The monoisotopic (exact) mass is 515 g/mol. The van der Waals surface area contributed by atoms with Gasteiger partial charge in [0.15, 0.2) is 5.96 Å². The van der Waals surface area contributed by atoms with Crippen LogP contribution in [-0.4, -0.2) is 45.0 Å².